The van der Waals surface area contributed by atoms with E-state index in [0.29, 0.717) is 11.0 Å². The van der Waals surface area contributed by atoms with Gasteiger partial charge in [0.15, 0.2) is 5.96 Å². The van der Waals surface area contributed by atoms with E-state index in [1.807, 2.05) is 24.3 Å². The Balaban J connectivity index is 1.88. The van der Waals surface area contributed by atoms with Crippen molar-refractivity contribution in [1.82, 2.24) is 16.0 Å². The summed E-state index contributed by atoms with van der Waals surface area (Å²) in [6.45, 7) is 5.34. The molecule has 0 radical (unpaired) electrons. The van der Waals surface area contributed by atoms with Gasteiger partial charge in [-0.25, -0.2) is 0 Å². The summed E-state index contributed by atoms with van der Waals surface area (Å²) in [5.41, 5.74) is 2.15. The molecule has 3 N–H and O–H groups in total. The molecule has 0 atom stereocenters. The highest BCUT2D eigenvalue weighted by atomic mass is 16.5. The van der Waals surface area contributed by atoms with Gasteiger partial charge in [-0.15, -0.1) is 0 Å². The molecule has 0 bridgehead atoms. The summed E-state index contributed by atoms with van der Waals surface area (Å²) in [6, 6.07) is 7.75. The molecule has 6 nitrogen and oxygen atoms in total. The quantitative estimate of drug-likeness (QED) is 0.434. The van der Waals surface area contributed by atoms with Crippen LogP contribution >= 0.6 is 0 Å². The fourth-order valence-corrected chi connectivity index (χ4v) is 3.41. The molecule has 1 aliphatic rings. The van der Waals surface area contributed by atoms with Crippen molar-refractivity contribution in [1.29, 1.82) is 0 Å². The number of hydrogen-bond acceptors (Lipinski definition) is 3. The van der Waals surface area contributed by atoms with Crippen LogP contribution in [0.15, 0.2) is 29.3 Å². The maximum atomic E-state index is 11.8. The minimum absolute atomic E-state index is 0.0541. The summed E-state index contributed by atoms with van der Waals surface area (Å²) in [5, 5.41) is 9.41. The van der Waals surface area contributed by atoms with Crippen LogP contribution in [0.25, 0.3) is 0 Å². The Morgan fingerprint density at radius 2 is 2.11 bits per heavy atom. The molecule has 1 saturated carbocycles. The van der Waals surface area contributed by atoms with E-state index in [2.05, 4.69) is 22.9 Å². The number of ether oxygens (including phenoxy) is 1. The number of guanidine groups is 1. The van der Waals surface area contributed by atoms with E-state index < -0.39 is 0 Å². The van der Waals surface area contributed by atoms with Crippen LogP contribution in [0.2, 0.25) is 0 Å². The minimum atomic E-state index is -0.0541. The number of nitrogens with zero attached hydrogens (tertiary/aromatic N) is 1. The molecule has 1 fully saturated rings. The zero-order valence-electron chi connectivity index (χ0n) is 16.9. The number of carbonyl (C=O) groups excluding carboxylic acids is 1. The zero-order valence-corrected chi connectivity index (χ0v) is 16.9. The fourth-order valence-electron chi connectivity index (χ4n) is 3.41. The average Bonchev–Trinajstić information content (AvgIpc) is 2.66. The van der Waals surface area contributed by atoms with E-state index in [1.54, 1.807) is 14.2 Å². The summed E-state index contributed by atoms with van der Waals surface area (Å²) >= 11 is 0. The Labute approximate surface area is 163 Å². The molecule has 0 unspecified atom stereocenters. The predicted octanol–water partition coefficient (Wildman–Crippen LogP) is 2.35. The van der Waals surface area contributed by atoms with Crippen LogP contribution < -0.4 is 16.0 Å². The van der Waals surface area contributed by atoms with Crippen LogP contribution in [0.1, 0.15) is 48.5 Å². The lowest BCUT2D eigenvalue weighted by Crippen LogP contribution is -2.41. The third-order valence-electron chi connectivity index (χ3n) is 5.29. The molecule has 0 aliphatic heterocycles. The van der Waals surface area contributed by atoms with Gasteiger partial charge >= 0.3 is 0 Å². The third kappa shape index (κ3) is 6.54. The summed E-state index contributed by atoms with van der Waals surface area (Å²) in [4.78, 5) is 16.6. The molecule has 0 saturated heterocycles. The van der Waals surface area contributed by atoms with E-state index in [9.17, 15) is 4.79 Å². The molecule has 0 spiro atoms. The largest absolute Gasteiger partial charge is 0.385 e. The molecule has 1 aromatic rings. The monoisotopic (exact) mass is 374 g/mol. The molecule has 1 aromatic carbocycles. The van der Waals surface area contributed by atoms with Crippen molar-refractivity contribution in [2.75, 3.05) is 40.4 Å². The topological polar surface area (TPSA) is 74.8 Å². The molecule has 6 heteroatoms. The van der Waals surface area contributed by atoms with Gasteiger partial charge in [-0.05, 0) is 55.7 Å². The van der Waals surface area contributed by atoms with Gasteiger partial charge < -0.3 is 20.7 Å². The Morgan fingerprint density at radius 3 is 2.74 bits per heavy atom. The number of benzene rings is 1. The van der Waals surface area contributed by atoms with Gasteiger partial charge in [0.05, 0.1) is 0 Å². The number of aliphatic imine (C=N–C) groups is 1. The Morgan fingerprint density at radius 1 is 1.30 bits per heavy atom. The second kappa shape index (κ2) is 10.9. The molecule has 150 valence electrons. The number of rotatable bonds is 10. The lowest BCUT2D eigenvalue weighted by atomic mass is 9.67. The van der Waals surface area contributed by atoms with Gasteiger partial charge in [0.1, 0.15) is 0 Å². The number of methoxy groups -OCH3 is 1. The first-order valence-corrected chi connectivity index (χ1v) is 9.94. The molecule has 1 aliphatic carbocycles. The molecule has 0 aromatic heterocycles. The van der Waals surface area contributed by atoms with Crippen LogP contribution in [0.5, 0.6) is 0 Å². The van der Waals surface area contributed by atoms with Crippen molar-refractivity contribution in [2.45, 2.75) is 39.0 Å². The highest BCUT2D eigenvalue weighted by Gasteiger charge is 2.36. The van der Waals surface area contributed by atoms with Gasteiger partial charge in [0.2, 0.25) is 0 Å². The lowest BCUT2D eigenvalue weighted by Gasteiger charge is -2.40. The lowest BCUT2D eigenvalue weighted by molar-refractivity contribution is 0.0778. The number of nitrogens with one attached hydrogen (secondary N) is 3. The van der Waals surface area contributed by atoms with Crippen LogP contribution in [0, 0.1) is 5.41 Å². The Hall–Kier alpha value is -2.08. The third-order valence-corrected chi connectivity index (χ3v) is 5.29. The Kier molecular flexibility index (Phi) is 8.58. The molecule has 27 heavy (non-hydrogen) atoms. The standard InChI is InChI=1S/C21H34N4O2/c1-4-23-20(25-16-21(10-6-11-21)12-14-27-3)24-13-9-17-7-5-8-18(15-17)19(26)22-2/h5,7-8,15H,4,6,9-14,16H2,1-3H3,(H,22,26)(H2,23,24,25). The van der Waals surface area contributed by atoms with Gasteiger partial charge in [0, 0.05) is 46.0 Å². The number of carbonyl (C=O) groups is 1. The summed E-state index contributed by atoms with van der Waals surface area (Å²) in [6.07, 6.45) is 5.70. The second-order valence-electron chi connectivity index (χ2n) is 7.25. The normalized spacial score (nSPS) is 15.7. The summed E-state index contributed by atoms with van der Waals surface area (Å²) in [5.74, 6) is 0.810. The van der Waals surface area contributed by atoms with Crippen molar-refractivity contribution in [3.8, 4) is 0 Å². The van der Waals surface area contributed by atoms with Gasteiger partial charge in [-0.3, -0.25) is 9.79 Å². The molecule has 1 amide bonds. The Bertz CT molecular complexity index is 626. The fraction of sp³-hybridized carbons (Fsp3) is 0.619. The SMILES string of the molecule is CCNC(=NCC1(CCOC)CCC1)NCCc1cccc(C(=O)NC)c1. The van der Waals surface area contributed by atoms with Crippen molar-refractivity contribution < 1.29 is 9.53 Å². The molecular formula is C21H34N4O2. The van der Waals surface area contributed by atoms with E-state index >= 15 is 0 Å². The smallest absolute Gasteiger partial charge is 0.251 e. The van der Waals surface area contributed by atoms with E-state index in [0.717, 1.165) is 50.6 Å². The van der Waals surface area contributed by atoms with Gasteiger partial charge in [-0.2, -0.15) is 0 Å². The maximum absolute atomic E-state index is 11.8. The summed E-state index contributed by atoms with van der Waals surface area (Å²) < 4.78 is 5.27. The van der Waals surface area contributed by atoms with Crippen molar-refractivity contribution in [3.63, 3.8) is 0 Å². The van der Waals surface area contributed by atoms with Gasteiger partial charge in [-0.1, -0.05) is 18.6 Å². The highest BCUT2D eigenvalue weighted by molar-refractivity contribution is 5.94. The van der Waals surface area contributed by atoms with Crippen LogP contribution in [-0.4, -0.2) is 52.3 Å². The van der Waals surface area contributed by atoms with Crippen molar-refractivity contribution in [2.24, 2.45) is 10.4 Å². The molecule has 0 heterocycles. The first-order valence-electron chi connectivity index (χ1n) is 9.94. The average molecular weight is 375 g/mol. The van der Waals surface area contributed by atoms with Crippen LogP contribution in [0.3, 0.4) is 0 Å². The van der Waals surface area contributed by atoms with Crippen LogP contribution in [0.4, 0.5) is 0 Å². The maximum Gasteiger partial charge on any atom is 0.251 e. The molecular weight excluding hydrogens is 340 g/mol. The zero-order chi connectivity index (χ0) is 19.5. The van der Waals surface area contributed by atoms with E-state index in [1.165, 1.54) is 19.3 Å². The van der Waals surface area contributed by atoms with Crippen LogP contribution in [-0.2, 0) is 11.2 Å². The highest BCUT2D eigenvalue weighted by Crippen LogP contribution is 2.44. The summed E-state index contributed by atoms with van der Waals surface area (Å²) in [7, 11) is 3.41. The van der Waals surface area contributed by atoms with Crippen molar-refractivity contribution >= 4 is 11.9 Å². The minimum Gasteiger partial charge on any atom is -0.385 e. The molecule has 2 rings (SSSR count). The second-order valence-corrected chi connectivity index (χ2v) is 7.25. The number of amides is 1. The van der Waals surface area contributed by atoms with Crippen molar-refractivity contribution in [3.05, 3.63) is 35.4 Å². The predicted molar refractivity (Wildman–Crippen MR) is 110 cm³/mol. The number of hydrogen-bond donors (Lipinski definition) is 3. The van der Waals surface area contributed by atoms with E-state index in [4.69, 9.17) is 9.73 Å². The van der Waals surface area contributed by atoms with E-state index in [-0.39, 0.29) is 5.91 Å². The first kappa shape index (κ1) is 21.2. The first-order chi connectivity index (χ1) is 13.1. The van der Waals surface area contributed by atoms with Gasteiger partial charge in [0.25, 0.3) is 5.91 Å².